The van der Waals surface area contributed by atoms with Gasteiger partial charge in [0.15, 0.2) is 6.10 Å². The van der Waals surface area contributed by atoms with Crippen molar-refractivity contribution < 1.29 is 28.6 Å². The van der Waals surface area contributed by atoms with Crippen LogP contribution in [0.15, 0.2) is 72.9 Å². The molecule has 0 aliphatic carbocycles. The number of esters is 3. The first-order valence-corrected chi connectivity index (χ1v) is 35.9. The third-order valence-corrected chi connectivity index (χ3v) is 15.9. The van der Waals surface area contributed by atoms with Crippen LogP contribution in [0, 0.1) is 0 Å². The molecule has 82 heavy (non-hydrogen) atoms. The molecule has 0 bridgehead atoms. The van der Waals surface area contributed by atoms with Gasteiger partial charge in [-0.25, -0.2) is 0 Å². The fourth-order valence-corrected chi connectivity index (χ4v) is 10.6. The van der Waals surface area contributed by atoms with E-state index in [4.69, 9.17) is 14.2 Å². The maximum Gasteiger partial charge on any atom is 0.306 e. The predicted molar refractivity (Wildman–Crippen MR) is 358 cm³/mol. The van der Waals surface area contributed by atoms with Crippen LogP contribution < -0.4 is 0 Å². The summed E-state index contributed by atoms with van der Waals surface area (Å²) in [5.74, 6) is -0.857. The van der Waals surface area contributed by atoms with Gasteiger partial charge in [0, 0.05) is 19.3 Å². The largest absolute Gasteiger partial charge is 0.462 e. The highest BCUT2D eigenvalue weighted by molar-refractivity contribution is 5.71. The zero-order valence-corrected chi connectivity index (χ0v) is 54.8. The summed E-state index contributed by atoms with van der Waals surface area (Å²) in [4.78, 5) is 38.4. The Bertz CT molecular complexity index is 1500. The van der Waals surface area contributed by atoms with Crippen LogP contribution in [0.3, 0.4) is 0 Å². The summed E-state index contributed by atoms with van der Waals surface area (Å²) < 4.78 is 17.0. The molecule has 0 aliphatic heterocycles. The fourth-order valence-electron chi connectivity index (χ4n) is 10.6. The standard InChI is InChI=1S/C76H136O6/c1-4-7-10-13-16-19-22-25-27-29-30-31-32-33-34-35-36-37-38-39-40-41-42-43-44-45-46-48-49-51-54-57-60-63-66-69-75(78)81-72-73(71-80-74(77)68-65-62-59-56-53-24-21-18-15-12-9-6-3)82-76(79)70-67-64-61-58-55-52-50-47-28-26-23-20-17-14-11-8-5-2/h7,10,16-17,19-20,25-28,30-31,73H,4-6,8-9,11-15,18,21-24,29,32-72H2,1-3H3/b10-7-,19-16-,20-17-,27-25-,28-26-,31-30-. The van der Waals surface area contributed by atoms with Crippen molar-refractivity contribution in [2.24, 2.45) is 0 Å². The molecule has 6 heteroatoms. The highest BCUT2D eigenvalue weighted by Crippen LogP contribution is 2.18. The monoisotopic (exact) mass is 1150 g/mol. The highest BCUT2D eigenvalue weighted by Gasteiger charge is 2.19. The fraction of sp³-hybridized carbons (Fsp3) is 0.803. The summed E-state index contributed by atoms with van der Waals surface area (Å²) >= 11 is 0. The molecule has 0 aliphatic rings. The Hall–Kier alpha value is -3.15. The minimum absolute atomic E-state index is 0.0721. The first kappa shape index (κ1) is 78.8. The van der Waals surface area contributed by atoms with Crippen molar-refractivity contribution >= 4 is 17.9 Å². The number of hydrogen-bond acceptors (Lipinski definition) is 6. The van der Waals surface area contributed by atoms with Crippen molar-refractivity contribution in [2.45, 2.75) is 380 Å². The summed E-state index contributed by atoms with van der Waals surface area (Å²) in [7, 11) is 0. The quantitative estimate of drug-likeness (QED) is 0.0261. The van der Waals surface area contributed by atoms with Crippen molar-refractivity contribution in [2.75, 3.05) is 13.2 Å². The lowest BCUT2D eigenvalue weighted by atomic mass is 10.0. The Morgan fingerprint density at radius 3 is 0.768 bits per heavy atom. The van der Waals surface area contributed by atoms with Crippen molar-refractivity contribution in [3.05, 3.63) is 72.9 Å². The zero-order chi connectivity index (χ0) is 59.2. The minimum Gasteiger partial charge on any atom is -0.462 e. The molecule has 0 spiro atoms. The average Bonchev–Trinajstić information content (AvgIpc) is 3.47. The third-order valence-electron chi connectivity index (χ3n) is 15.9. The molecule has 0 N–H and O–H groups in total. The van der Waals surface area contributed by atoms with Crippen molar-refractivity contribution in [1.29, 1.82) is 0 Å². The summed E-state index contributed by atoms with van der Waals surface area (Å²) in [6.45, 7) is 6.54. The van der Waals surface area contributed by atoms with Gasteiger partial charge in [-0.05, 0) is 89.9 Å². The molecular formula is C76H136O6. The van der Waals surface area contributed by atoms with E-state index in [1.165, 1.54) is 238 Å². The first-order chi connectivity index (χ1) is 40.5. The van der Waals surface area contributed by atoms with E-state index in [9.17, 15) is 14.4 Å². The van der Waals surface area contributed by atoms with E-state index < -0.39 is 6.10 Å². The summed E-state index contributed by atoms with van der Waals surface area (Å²) in [5, 5.41) is 0. The Labute approximate surface area is 510 Å². The van der Waals surface area contributed by atoms with Crippen LogP contribution in [0.4, 0.5) is 0 Å². The topological polar surface area (TPSA) is 78.9 Å². The van der Waals surface area contributed by atoms with E-state index in [2.05, 4.69) is 93.7 Å². The lowest BCUT2D eigenvalue weighted by Crippen LogP contribution is -2.30. The molecule has 1 unspecified atom stereocenters. The predicted octanol–water partition coefficient (Wildman–Crippen LogP) is 24.8. The maximum atomic E-state index is 12.9. The molecule has 0 aromatic rings. The Kier molecular flexibility index (Phi) is 67.6. The van der Waals surface area contributed by atoms with E-state index in [1.807, 2.05) is 0 Å². The van der Waals surface area contributed by atoms with Gasteiger partial charge in [-0.2, -0.15) is 0 Å². The van der Waals surface area contributed by atoms with Crippen LogP contribution in [0.2, 0.25) is 0 Å². The molecule has 0 fully saturated rings. The molecule has 0 radical (unpaired) electrons. The lowest BCUT2D eigenvalue weighted by Gasteiger charge is -2.18. The molecule has 6 nitrogen and oxygen atoms in total. The minimum atomic E-state index is -0.776. The third kappa shape index (κ3) is 67.6. The number of hydrogen-bond donors (Lipinski definition) is 0. The van der Waals surface area contributed by atoms with Gasteiger partial charge >= 0.3 is 17.9 Å². The number of ether oxygens (including phenoxy) is 3. The van der Waals surface area contributed by atoms with Gasteiger partial charge < -0.3 is 14.2 Å². The molecule has 0 saturated carbocycles. The van der Waals surface area contributed by atoms with E-state index in [0.717, 1.165) is 96.3 Å². The van der Waals surface area contributed by atoms with Crippen molar-refractivity contribution in [3.63, 3.8) is 0 Å². The lowest BCUT2D eigenvalue weighted by molar-refractivity contribution is -0.167. The molecule has 476 valence electrons. The van der Waals surface area contributed by atoms with Gasteiger partial charge in [-0.3, -0.25) is 14.4 Å². The summed E-state index contributed by atoms with van der Waals surface area (Å²) in [6.07, 6.45) is 92.3. The van der Waals surface area contributed by atoms with Crippen LogP contribution >= 0.6 is 0 Å². The smallest absolute Gasteiger partial charge is 0.306 e. The van der Waals surface area contributed by atoms with Crippen LogP contribution in [-0.2, 0) is 28.6 Å². The van der Waals surface area contributed by atoms with Crippen molar-refractivity contribution in [3.8, 4) is 0 Å². The molecule has 0 rings (SSSR count). The molecule has 0 aromatic heterocycles. The Balaban J connectivity index is 4.08. The number of carbonyl (C=O) groups excluding carboxylic acids is 3. The SMILES string of the molecule is CC/C=C\C/C=C\C/C=C\C/C=C\CCCCCCCCCCCCCCCCCCCCCCCCC(=O)OCC(COC(=O)CCCCCCCCCCCCCC)OC(=O)CCCCCCCCC/C=C\C/C=C\CCCCC. The highest BCUT2D eigenvalue weighted by atomic mass is 16.6. The van der Waals surface area contributed by atoms with E-state index in [0.29, 0.717) is 19.3 Å². The molecule has 0 amide bonds. The molecule has 0 saturated heterocycles. The maximum absolute atomic E-state index is 12.9. The van der Waals surface area contributed by atoms with Crippen molar-refractivity contribution in [1.82, 2.24) is 0 Å². The van der Waals surface area contributed by atoms with E-state index in [1.54, 1.807) is 0 Å². The van der Waals surface area contributed by atoms with Gasteiger partial charge in [0.2, 0.25) is 0 Å². The van der Waals surface area contributed by atoms with Gasteiger partial charge in [0.05, 0.1) is 0 Å². The summed E-state index contributed by atoms with van der Waals surface area (Å²) in [6, 6.07) is 0. The van der Waals surface area contributed by atoms with Gasteiger partial charge in [0.1, 0.15) is 13.2 Å². The zero-order valence-electron chi connectivity index (χ0n) is 54.8. The van der Waals surface area contributed by atoms with E-state index >= 15 is 0 Å². The van der Waals surface area contributed by atoms with Crippen LogP contribution in [0.5, 0.6) is 0 Å². The molecular weight excluding hydrogens is 1010 g/mol. The number of rotatable bonds is 66. The second kappa shape index (κ2) is 70.3. The number of carbonyl (C=O) groups is 3. The second-order valence-corrected chi connectivity index (χ2v) is 24.1. The summed E-state index contributed by atoms with van der Waals surface area (Å²) in [5.41, 5.74) is 0. The molecule has 0 heterocycles. The van der Waals surface area contributed by atoms with Crippen LogP contribution in [-0.4, -0.2) is 37.2 Å². The first-order valence-electron chi connectivity index (χ1n) is 35.9. The number of allylic oxidation sites excluding steroid dienone is 12. The van der Waals surface area contributed by atoms with Gasteiger partial charge in [-0.1, -0.05) is 338 Å². The van der Waals surface area contributed by atoms with Gasteiger partial charge in [0.25, 0.3) is 0 Å². The van der Waals surface area contributed by atoms with E-state index in [-0.39, 0.29) is 31.1 Å². The van der Waals surface area contributed by atoms with Crippen LogP contribution in [0.1, 0.15) is 374 Å². The number of unbranched alkanes of at least 4 members (excludes halogenated alkanes) is 43. The van der Waals surface area contributed by atoms with Gasteiger partial charge in [-0.15, -0.1) is 0 Å². The normalized spacial score (nSPS) is 12.5. The van der Waals surface area contributed by atoms with Crippen LogP contribution in [0.25, 0.3) is 0 Å². The molecule has 0 aromatic carbocycles. The Morgan fingerprint density at radius 2 is 0.476 bits per heavy atom. The second-order valence-electron chi connectivity index (χ2n) is 24.1. The average molecular weight is 1150 g/mol. The Morgan fingerprint density at radius 1 is 0.256 bits per heavy atom. The molecule has 1 atom stereocenters.